The molecule has 10 heteroatoms. The van der Waals surface area contributed by atoms with Gasteiger partial charge in [0.2, 0.25) is 0 Å². The maximum Gasteiger partial charge on any atom is 0.271 e. The normalized spacial score (nSPS) is 22.5. The van der Waals surface area contributed by atoms with E-state index in [-0.39, 0.29) is 12.8 Å². The second-order valence-corrected chi connectivity index (χ2v) is 13.3. The number of carbonyl (C=O) groups excluding carboxylic acids is 1. The van der Waals surface area contributed by atoms with Crippen molar-refractivity contribution < 1.29 is 18.3 Å². The molecule has 44 heavy (non-hydrogen) atoms. The van der Waals surface area contributed by atoms with Crippen LogP contribution in [-0.2, 0) is 9.53 Å². The van der Waals surface area contributed by atoms with Gasteiger partial charge in [-0.3, -0.25) is 4.79 Å². The van der Waals surface area contributed by atoms with E-state index in [0.717, 1.165) is 52.4 Å². The topological polar surface area (TPSA) is 108 Å². The Morgan fingerprint density at radius 3 is 2.07 bits per heavy atom. The minimum Gasteiger partial charge on any atom is -0.359 e. The summed E-state index contributed by atoms with van der Waals surface area (Å²) in [7, 11) is 0. The van der Waals surface area contributed by atoms with E-state index in [1.54, 1.807) is 6.92 Å². The van der Waals surface area contributed by atoms with E-state index in [2.05, 4.69) is 57.0 Å². The highest BCUT2D eigenvalue weighted by molar-refractivity contribution is 5.85. The Morgan fingerprint density at radius 2 is 1.52 bits per heavy atom. The summed E-state index contributed by atoms with van der Waals surface area (Å²) in [4.78, 5) is 29.4. The van der Waals surface area contributed by atoms with Crippen molar-refractivity contribution in [1.82, 2.24) is 30.6 Å². The Kier molecular flexibility index (Phi) is 7.92. The van der Waals surface area contributed by atoms with Crippen LogP contribution in [-0.4, -0.2) is 50.5 Å². The standard InChI is InChI=1S/C34H40F2N6O2/c1-32(2,3)28(42-31(43)33(4)15-16-34(35,36)20-44-33)30-39-19-27(41-30)24-13-9-22(10-14-24)21-7-11-23(12-8-21)26-18-38-29(40-26)25-6-5-17-37-25/h7-14,18-19,25,28,37H,5-6,15-17,20H2,1-4H3,(H,38,40)(H,39,41)(H,42,43)/t25-,28+,33+/m0/s1. The van der Waals surface area contributed by atoms with E-state index in [4.69, 9.17) is 14.7 Å². The zero-order chi connectivity index (χ0) is 31.1. The average molecular weight is 603 g/mol. The molecule has 2 aromatic heterocycles. The van der Waals surface area contributed by atoms with E-state index >= 15 is 0 Å². The number of hydrogen-bond donors (Lipinski definition) is 4. The summed E-state index contributed by atoms with van der Waals surface area (Å²) < 4.78 is 32.7. The summed E-state index contributed by atoms with van der Waals surface area (Å²) >= 11 is 0. The minimum absolute atomic E-state index is 0.0523. The summed E-state index contributed by atoms with van der Waals surface area (Å²) in [6.45, 7) is 7.84. The van der Waals surface area contributed by atoms with E-state index in [1.165, 1.54) is 6.42 Å². The first-order valence-electron chi connectivity index (χ1n) is 15.3. The molecule has 2 aliphatic heterocycles. The summed E-state index contributed by atoms with van der Waals surface area (Å²) in [5.41, 5.74) is 4.15. The molecule has 0 spiro atoms. The summed E-state index contributed by atoms with van der Waals surface area (Å²) in [5.74, 6) is -1.74. The Hall–Kier alpha value is -3.89. The minimum atomic E-state index is -2.91. The highest BCUT2D eigenvalue weighted by Gasteiger charge is 2.47. The number of rotatable bonds is 7. The Balaban J connectivity index is 1.14. The van der Waals surface area contributed by atoms with Crippen LogP contribution in [0.1, 0.15) is 77.1 Å². The molecule has 3 atom stereocenters. The van der Waals surface area contributed by atoms with Crippen molar-refractivity contribution in [1.29, 1.82) is 0 Å². The molecule has 4 heterocycles. The third kappa shape index (κ3) is 6.32. The van der Waals surface area contributed by atoms with Crippen molar-refractivity contribution in [3.63, 3.8) is 0 Å². The maximum absolute atomic E-state index is 13.7. The van der Waals surface area contributed by atoms with Gasteiger partial charge in [0.25, 0.3) is 11.8 Å². The molecule has 0 unspecified atom stereocenters. The van der Waals surface area contributed by atoms with Gasteiger partial charge in [-0.15, -0.1) is 0 Å². The lowest BCUT2D eigenvalue weighted by Crippen LogP contribution is -2.54. The van der Waals surface area contributed by atoms with Crippen LogP contribution >= 0.6 is 0 Å². The van der Waals surface area contributed by atoms with Crippen molar-refractivity contribution in [3.8, 4) is 33.6 Å². The van der Waals surface area contributed by atoms with Crippen LogP contribution in [0.5, 0.6) is 0 Å². The number of ether oxygens (including phenoxy) is 1. The van der Waals surface area contributed by atoms with Crippen molar-refractivity contribution in [3.05, 3.63) is 72.6 Å². The van der Waals surface area contributed by atoms with Gasteiger partial charge in [0, 0.05) is 29.9 Å². The summed E-state index contributed by atoms with van der Waals surface area (Å²) in [5, 5.41) is 6.50. The van der Waals surface area contributed by atoms with Crippen LogP contribution in [0.2, 0.25) is 0 Å². The molecule has 4 aromatic rings. The number of alkyl halides is 2. The Morgan fingerprint density at radius 1 is 0.932 bits per heavy atom. The number of nitrogens with zero attached hydrogens (tertiary/aromatic N) is 2. The van der Waals surface area contributed by atoms with Crippen molar-refractivity contribution >= 4 is 5.91 Å². The third-order valence-electron chi connectivity index (χ3n) is 8.75. The molecule has 232 valence electrons. The van der Waals surface area contributed by atoms with Gasteiger partial charge < -0.3 is 25.3 Å². The SMILES string of the molecule is CC(C)(C)[C@H](NC(=O)[C@@]1(C)CCC(F)(F)CO1)c1nc(-c2ccc(-c3ccc(-c4c[nH]c([C@@H]5CCCN5)n4)cc3)cc2)c[nH]1. The molecular weight excluding hydrogens is 562 g/mol. The lowest BCUT2D eigenvalue weighted by Gasteiger charge is -2.38. The number of hydrogen-bond acceptors (Lipinski definition) is 5. The molecular formula is C34H40F2N6O2. The van der Waals surface area contributed by atoms with E-state index in [9.17, 15) is 13.6 Å². The van der Waals surface area contributed by atoms with Crippen LogP contribution < -0.4 is 10.6 Å². The lowest BCUT2D eigenvalue weighted by molar-refractivity contribution is -0.190. The molecule has 0 aliphatic carbocycles. The number of benzene rings is 2. The zero-order valence-electron chi connectivity index (χ0n) is 25.6. The van der Waals surface area contributed by atoms with Crippen molar-refractivity contribution in [2.45, 2.75) is 77.0 Å². The zero-order valence-corrected chi connectivity index (χ0v) is 25.6. The predicted octanol–water partition coefficient (Wildman–Crippen LogP) is 6.97. The molecule has 2 fully saturated rings. The van der Waals surface area contributed by atoms with Crippen molar-refractivity contribution in [2.24, 2.45) is 5.41 Å². The fourth-order valence-corrected chi connectivity index (χ4v) is 5.87. The van der Waals surface area contributed by atoms with Crippen LogP contribution in [0.15, 0.2) is 60.9 Å². The third-order valence-corrected chi connectivity index (χ3v) is 8.75. The van der Waals surface area contributed by atoms with Crippen molar-refractivity contribution in [2.75, 3.05) is 13.2 Å². The highest BCUT2D eigenvalue weighted by atomic mass is 19.3. The molecule has 2 aromatic carbocycles. The summed E-state index contributed by atoms with van der Waals surface area (Å²) in [6.07, 6.45) is 5.64. The molecule has 0 radical (unpaired) electrons. The first kappa shape index (κ1) is 30.1. The lowest BCUT2D eigenvalue weighted by atomic mass is 9.85. The first-order chi connectivity index (χ1) is 20.9. The molecule has 2 saturated heterocycles. The Labute approximate surface area is 256 Å². The maximum atomic E-state index is 13.7. The number of amides is 1. The molecule has 6 rings (SSSR count). The highest BCUT2D eigenvalue weighted by Crippen LogP contribution is 2.37. The second-order valence-electron chi connectivity index (χ2n) is 13.3. The predicted molar refractivity (Wildman–Crippen MR) is 166 cm³/mol. The number of halogens is 2. The van der Waals surface area contributed by atoms with E-state index in [1.807, 2.05) is 45.3 Å². The van der Waals surface area contributed by atoms with Gasteiger partial charge in [0.15, 0.2) is 0 Å². The Bertz CT molecular complexity index is 1590. The van der Waals surface area contributed by atoms with Gasteiger partial charge in [-0.1, -0.05) is 69.3 Å². The van der Waals surface area contributed by atoms with Gasteiger partial charge in [0.05, 0.1) is 23.5 Å². The second kappa shape index (κ2) is 11.6. The average Bonchev–Trinajstić information content (AvgIpc) is 3.79. The number of aromatic nitrogens is 4. The molecule has 1 amide bonds. The number of nitrogens with one attached hydrogen (secondary N) is 4. The fraction of sp³-hybridized carbons (Fsp3) is 0.441. The van der Waals surface area contributed by atoms with Gasteiger partial charge in [-0.25, -0.2) is 18.7 Å². The monoisotopic (exact) mass is 602 g/mol. The number of imidazole rings is 2. The van der Waals surface area contributed by atoms with Crippen LogP contribution in [0, 0.1) is 5.41 Å². The molecule has 0 bridgehead atoms. The van der Waals surface area contributed by atoms with Crippen LogP contribution in [0.3, 0.4) is 0 Å². The van der Waals surface area contributed by atoms with Gasteiger partial charge in [-0.2, -0.15) is 0 Å². The fourth-order valence-electron chi connectivity index (χ4n) is 5.87. The first-order valence-corrected chi connectivity index (χ1v) is 15.3. The van der Waals surface area contributed by atoms with Gasteiger partial charge >= 0.3 is 0 Å². The van der Waals surface area contributed by atoms with Crippen LogP contribution in [0.4, 0.5) is 8.78 Å². The summed E-state index contributed by atoms with van der Waals surface area (Å²) in [6, 6.07) is 16.4. The van der Waals surface area contributed by atoms with Gasteiger partial charge in [-0.05, 0) is 49.3 Å². The van der Waals surface area contributed by atoms with Gasteiger partial charge in [0.1, 0.15) is 23.9 Å². The quantitative estimate of drug-likeness (QED) is 0.183. The molecule has 8 nitrogen and oxygen atoms in total. The number of aromatic amines is 2. The van der Waals surface area contributed by atoms with E-state index in [0.29, 0.717) is 11.9 Å². The molecule has 0 saturated carbocycles. The van der Waals surface area contributed by atoms with Crippen LogP contribution in [0.25, 0.3) is 33.6 Å². The number of carbonyl (C=O) groups is 1. The largest absolute Gasteiger partial charge is 0.359 e. The molecule has 4 N–H and O–H groups in total. The molecule has 2 aliphatic rings. The smallest absolute Gasteiger partial charge is 0.271 e. The number of H-pyrrole nitrogens is 2. The van der Waals surface area contributed by atoms with E-state index < -0.39 is 35.5 Å².